The molecular weight excluding hydrogens is 289 g/mol. The highest BCUT2D eigenvalue weighted by Gasteiger charge is 2.04. The van der Waals surface area contributed by atoms with E-state index in [1.807, 2.05) is 37.3 Å². The number of hydrogen-bond donors (Lipinski definition) is 0. The minimum Gasteiger partial charge on any atom is -0.254 e. The standard InChI is InChI=1S/C14H10Cl3N/c1-9-3-2-4-12(18-9)6-5-10-7-11(15)8-13(16)14(10)17/h2-8H,1H3/b6-5+. The molecule has 0 aliphatic heterocycles. The predicted molar refractivity (Wildman–Crippen MR) is 79.4 cm³/mol. The van der Waals surface area contributed by atoms with Gasteiger partial charge in [-0.25, -0.2) is 0 Å². The van der Waals surface area contributed by atoms with E-state index in [0.717, 1.165) is 17.0 Å². The third-order valence-electron chi connectivity index (χ3n) is 2.36. The van der Waals surface area contributed by atoms with Crippen molar-refractivity contribution in [3.05, 3.63) is 62.4 Å². The van der Waals surface area contributed by atoms with Crippen LogP contribution in [0.15, 0.2) is 30.3 Å². The molecule has 0 aliphatic rings. The van der Waals surface area contributed by atoms with Crippen LogP contribution in [-0.4, -0.2) is 4.98 Å². The summed E-state index contributed by atoms with van der Waals surface area (Å²) < 4.78 is 0. The summed E-state index contributed by atoms with van der Waals surface area (Å²) >= 11 is 18.0. The Morgan fingerprint density at radius 1 is 1.06 bits per heavy atom. The molecule has 1 heterocycles. The lowest BCUT2D eigenvalue weighted by atomic mass is 10.2. The third-order valence-corrected chi connectivity index (χ3v) is 3.40. The van der Waals surface area contributed by atoms with E-state index >= 15 is 0 Å². The summed E-state index contributed by atoms with van der Waals surface area (Å²) in [6.45, 7) is 1.95. The van der Waals surface area contributed by atoms with Crippen molar-refractivity contribution >= 4 is 47.0 Å². The largest absolute Gasteiger partial charge is 0.254 e. The fourth-order valence-electron chi connectivity index (χ4n) is 1.53. The number of hydrogen-bond acceptors (Lipinski definition) is 1. The Balaban J connectivity index is 2.34. The molecular formula is C14H10Cl3N. The van der Waals surface area contributed by atoms with Crippen LogP contribution < -0.4 is 0 Å². The molecule has 0 saturated heterocycles. The third kappa shape index (κ3) is 3.26. The number of nitrogens with zero attached hydrogens (tertiary/aromatic N) is 1. The van der Waals surface area contributed by atoms with Crippen molar-refractivity contribution in [3.8, 4) is 0 Å². The van der Waals surface area contributed by atoms with Crippen LogP contribution in [0.4, 0.5) is 0 Å². The van der Waals surface area contributed by atoms with Crippen LogP contribution in [0.5, 0.6) is 0 Å². The number of halogens is 3. The van der Waals surface area contributed by atoms with Gasteiger partial charge in [0.2, 0.25) is 0 Å². The summed E-state index contributed by atoms with van der Waals surface area (Å²) in [6.07, 6.45) is 3.72. The number of aromatic nitrogens is 1. The Hall–Kier alpha value is -1.02. The van der Waals surface area contributed by atoms with E-state index in [2.05, 4.69) is 4.98 Å². The first kappa shape index (κ1) is 13.4. The van der Waals surface area contributed by atoms with Crippen LogP contribution in [0.3, 0.4) is 0 Å². The van der Waals surface area contributed by atoms with Gasteiger partial charge in [-0.2, -0.15) is 0 Å². The van der Waals surface area contributed by atoms with Crippen molar-refractivity contribution < 1.29 is 0 Å². The maximum Gasteiger partial charge on any atom is 0.0665 e. The van der Waals surface area contributed by atoms with Crippen LogP contribution in [0.1, 0.15) is 17.0 Å². The van der Waals surface area contributed by atoms with Crippen LogP contribution in [-0.2, 0) is 0 Å². The zero-order valence-corrected chi connectivity index (χ0v) is 11.9. The lowest BCUT2D eigenvalue weighted by Gasteiger charge is -2.02. The van der Waals surface area contributed by atoms with Gasteiger partial charge in [-0.05, 0) is 42.8 Å². The lowest BCUT2D eigenvalue weighted by Crippen LogP contribution is -1.84. The Morgan fingerprint density at radius 2 is 1.83 bits per heavy atom. The van der Waals surface area contributed by atoms with Gasteiger partial charge in [0.15, 0.2) is 0 Å². The van der Waals surface area contributed by atoms with Crippen molar-refractivity contribution in [2.45, 2.75) is 6.92 Å². The molecule has 18 heavy (non-hydrogen) atoms. The maximum absolute atomic E-state index is 6.10. The van der Waals surface area contributed by atoms with Gasteiger partial charge in [-0.3, -0.25) is 4.98 Å². The average Bonchev–Trinajstić information content (AvgIpc) is 2.32. The number of aryl methyl sites for hydroxylation is 1. The second-order valence-corrected chi connectivity index (χ2v) is 5.05. The van der Waals surface area contributed by atoms with Gasteiger partial charge in [0.05, 0.1) is 15.7 Å². The van der Waals surface area contributed by atoms with Gasteiger partial charge in [0.25, 0.3) is 0 Å². The highest BCUT2D eigenvalue weighted by Crippen LogP contribution is 2.30. The summed E-state index contributed by atoms with van der Waals surface area (Å²) in [6, 6.07) is 9.20. The molecule has 0 bridgehead atoms. The molecule has 0 fully saturated rings. The van der Waals surface area contributed by atoms with E-state index in [9.17, 15) is 0 Å². The molecule has 0 N–H and O–H groups in total. The number of benzene rings is 1. The topological polar surface area (TPSA) is 12.9 Å². The minimum absolute atomic E-state index is 0.445. The van der Waals surface area contributed by atoms with E-state index in [1.54, 1.807) is 12.1 Å². The molecule has 2 aromatic rings. The van der Waals surface area contributed by atoms with Crippen molar-refractivity contribution in [1.82, 2.24) is 4.98 Å². The monoisotopic (exact) mass is 297 g/mol. The minimum atomic E-state index is 0.445. The molecule has 1 aromatic carbocycles. The lowest BCUT2D eigenvalue weighted by molar-refractivity contribution is 1.18. The second-order valence-electron chi connectivity index (χ2n) is 3.83. The van der Waals surface area contributed by atoms with E-state index in [4.69, 9.17) is 34.8 Å². The fourth-order valence-corrected chi connectivity index (χ4v) is 2.21. The summed E-state index contributed by atoms with van der Waals surface area (Å²) in [5.74, 6) is 0. The summed E-state index contributed by atoms with van der Waals surface area (Å²) in [7, 11) is 0. The molecule has 0 atom stereocenters. The Bertz CT molecular complexity index is 606. The Morgan fingerprint density at radius 3 is 2.56 bits per heavy atom. The van der Waals surface area contributed by atoms with Crippen molar-refractivity contribution in [3.63, 3.8) is 0 Å². The molecule has 0 aliphatic carbocycles. The van der Waals surface area contributed by atoms with E-state index in [0.29, 0.717) is 15.1 Å². The number of pyridine rings is 1. The van der Waals surface area contributed by atoms with Crippen molar-refractivity contribution in [1.29, 1.82) is 0 Å². The maximum atomic E-state index is 6.10. The molecule has 0 spiro atoms. The van der Waals surface area contributed by atoms with Gasteiger partial charge >= 0.3 is 0 Å². The van der Waals surface area contributed by atoms with Crippen molar-refractivity contribution in [2.75, 3.05) is 0 Å². The molecule has 0 unspecified atom stereocenters. The molecule has 4 heteroatoms. The quantitative estimate of drug-likeness (QED) is 0.665. The first-order chi connectivity index (χ1) is 8.56. The molecule has 0 amide bonds. The van der Waals surface area contributed by atoms with Crippen molar-refractivity contribution in [2.24, 2.45) is 0 Å². The van der Waals surface area contributed by atoms with Gasteiger partial charge in [-0.1, -0.05) is 46.9 Å². The summed E-state index contributed by atoms with van der Waals surface area (Å²) in [4.78, 5) is 4.37. The van der Waals surface area contributed by atoms with E-state index < -0.39 is 0 Å². The van der Waals surface area contributed by atoms with E-state index in [-0.39, 0.29) is 0 Å². The highest BCUT2D eigenvalue weighted by atomic mass is 35.5. The van der Waals surface area contributed by atoms with Gasteiger partial charge in [0, 0.05) is 10.7 Å². The number of rotatable bonds is 2. The first-order valence-electron chi connectivity index (χ1n) is 5.32. The van der Waals surface area contributed by atoms with Gasteiger partial charge in [0.1, 0.15) is 0 Å². The van der Waals surface area contributed by atoms with Crippen LogP contribution in [0.2, 0.25) is 15.1 Å². The summed E-state index contributed by atoms with van der Waals surface area (Å²) in [5, 5.41) is 1.49. The molecule has 2 rings (SSSR count). The molecule has 92 valence electrons. The van der Waals surface area contributed by atoms with Gasteiger partial charge in [-0.15, -0.1) is 0 Å². The molecule has 1 nitrogen and oxygen atoms in total. The predicted octanol–water partition coefficient (Wildman–Crippen LogP) is 5.52. The highest BCUT2D eigenvalue weighted by molar-refractivity contribution is 6.44. The van der Waals surface area contributed by atoms with Gasteiger partial charge < -0.3 is 0 Å². The summed E-state index contributed by atoms with van der Waals surface area (Å²) in [5.41, 5.74) is 2.60. The average molecular weight is 299 g/mol. The van der Waals surface area contributed by atoms with E-state index in [1.165, 1.54) is 0 Å². The molecule has 1 aromatic heterocycles. The normalized spacial score (nSPS) is 11.1. The smallest absolute Gasteiger partial charge is 0.0665 e. The second kappa shape index (κ2) is 5.75. The Labute approximate surface area is 121 Å². The zero-order chi connectivity index (χ0) is 13.1. The first-order valence-corrected chi connectivity index (χ1v) is 6.46. The van der Waals surface area contributed by atoms with Crippen LogP contribution >= 0.6 is 34.8 Å². The van der Waals surface area contributed by atoms with Crippen LogP contribution in [0, 0.1) is 6.92 Å². The zero-order valence-electron chi connectivity index (χ0n) is 9.62. The Kier molecular flexibility index (Phi) is 4.28. The van der Waals surface area contributed by atoms with Crippen LogP contribution in [0.25, 0.3) is 12.2 Å². The fraction of sp³-hybridized carbons (Fsp3) is 0.0714. The molecule has 0 radical (unpaired) electrons. The SMILES string of the molecule is Cc1cccc(/C=C/c2cc(Cl)cc(Cl)c2Cl)n1. The molecule has 0 saturated carbocycles.